The topological polar surface area (TPSA) is 81.0 Å². The molecule has 37 heavy (non-hydrogen) atoms. The van der Waals surface area contributed by atoms with Gasteiger partial charge in [-0.3, -0.25) is 14.2 Å². The Morgan fingerprint density at radius 3 is 2.54 bits per heavy atom. The minimum atomic E-state index is -0.783. The monoisotopic (exact) mass is 599 g/mol. The van der Waals surface area contributed by atoms with Crippen molar-refractivity contribution in [1.82, 2.24) is 4.57 Å². The van der Waals surface area contributed by atoms with Crippen molar-refractivity contribution in [2.45, 2.75) is 39.8 Å². The lowest BCUT2D eigenvalue weighted by molar-refractivity contribution is -0.143. The molecule has 0 unspecified atom stereocenters. The summed E-state index contributed by atoms with van der Waals surface area (Å²) < 4.78 is 8.11. The van der Waals surface area contributed by atoms with Gasteiger partial charge in [0.2, 0.25) is 0 Å². The zero-order valence-electron chi connectivity index (χ0n) is 20.5. The van der Waals surface area contributed by atoms with E-state index in [-0.39, 0.29) is 22.1 Å². The fraction of sp³-hybridized carbons (Fsp3) is 0.259. The number of fused-ring (bicyclic) bond motifs is 2. The largest absolute Gasteiger partial charge is 0.459 e. The van der Waals surface area contributed by atoms with Crippen molar-refractivity contribution < 1.29 is 14.3 Å². The maximum atomic E-state index is 14.1. The van der Waals surface area contributed by atoms with E-state index < -0.39 is 17.6 Å². The molecule has 1 amide bonds. The predicted octanol–water partition coefficient (Wildman–Crippen LogP) is 4.34. The number of thiazole rings is 1. The lowest BCUT2D eigenvalue weighted by Gasteiger charge is -2.25. The summed E-state index contributed by atoms with van der Waals surface area (Å²) in [6.07, 6.45) is -0.350. The number of likely N-dealkylation sites (N-methyl/N-ethyl adjacent to an activating group) is 1. The van der Waals surface area contributed by atoms with Gasteiger partial charge in [-0.1, -0.05) is 51.0 Å². The number of benzene rings is 2. The Kier molecular flexibility index (Phi) is 6.72. The van der Waals surface area contributed by atoms with E-state index in [0.29, 0.717) is 38.8 Å². The molecule has 2 aromatic carbocycles. The Morgan fingerprint density at radius 2 is 1.89 bits per heavy atom. The number of carbonyl (C=O) groups is 2. The van der Waals surface area contributed by atoms with Crippen LogP contribution in [0.2, 0.25) is 5.02 Å². The molecular formula is C27H23BrClN3O4S. The van der Waals surface area contributed by atoms with Crippen LogP contribution in [0.1, 0.15) is 44.9 Å². The summed E-state index contributed by atoms with van der Waals surface area (Å²) in [6.45, 7) is 7.62. The van der Waals surface area contributed by atoms with Crippen molar-refractivity contribution in [2.24, 2.45) is 4.99 Å². The number of hydrogen-bond acceptors (Lipinski definition) is 6. The van der Waals surface area contributed by atoms with Gasteiger partial charge in [0.25, 0.3) is 11.5 Å². The Hall–Kier alpha value is -3.01. The van der Waals surface area contributed by atoms with Crippen LogP contribution in [0.4, 0.5) is 5.69 Å². The van der Waals surface area contributed by atoms with E-state index in [1.165, 1.54) is 4.57 Å². The van der Waals surface area contributed by atoms with Gasteiger partial charge in [0.15, 0.2) is 4.80 Å². The minimum Gasteiger partial charge on any atom is -0.459 e. The number of aromatic nitrogens is 1. The molecule has 1 atom stereocenters. The molecule has 5 rings (SSSR count). The highest BCUT2D eigenvalue weighted by molar-refractivity contribution is 9.10. The van der Waals surface area contributed by atoms with E-state index in [2.05, 4.69) is 20.9 Å². The molecule has 0 fully saturated rings. The summed E-state index contributed by atoms with van der Waals surface area (Å²) in [4.78, 5) is 47.5. The Bertz CT molecular complexity index is 1670. The van der Waals surface area contributed by atoms with Gasteiger partial charge in [0.1, 0.15) is 4.53 Å². The van der Waals surface area contributed by atoms with Crippen LogP contribution in [0.3, 0.4) is 0 Å². The van der Waals surface area contributed by atoms with E-state index in [4.69, 9.17) is 16.3 Å². The van der Waals surface area contributed by atoms with Crippen LogP contribution in [0, 0.1) is 0 Å². The molecular weight excluding hydrogens is 578 g/mol. The molecule has 3 aromatic rings. The molecule has 2 aliphatic heterocycles. The van der Waals surface area contributed by atoms with Crippen LogP contribution in [-0.2, 0) is 14.3 Å². The van der Waals surface area contributed by atoms with Crippen LogP contribution < -0.4 is 19.8 Å². The number of rotatable bonds is 4. The van der Waals surface area contributed by atoms with Gasteiger partial charge in [-0.15, -0.1) is 0 Å². The zero-order valence-corrected chi connectivity index (χ0v) is 23.7. The number of amides is 1. The first-order valence-corrected chi connectivity index (χ1v) is 13.7. The van der Waals surface area contributed by atoms with Crippen LogP contribution in [0.5, 0.6) is 0 Å². The SMILES string of the molecule is CCN1C(=O)/C(=c2/sc3n(c2=O)[C@H](c2ccc(Cl)cc2)C(C(=O)OC(C)C)=C(C)N=3)c2cc(Br)ccc21. The van der Waals surface area contributed by atoms with Crippen molar-refractivity contribution in [3.8, 4) is 0 Å². The van der Waals surface area contributed by atoms with Crippen LogP contribution >= 0.6 is 38.9 Å². The van der Waals surface area contributed by atoms with Crippen LogP contribution in [0.25, 0.3) is 5.57 Å². The van der Waals surface area contributed by atoms with Gasteiger partial charge in [-0.2, -0.15) is 0 Å². The third-order valence-electron chi connectivity index (χ3n) is 6.27. The summed E-state index contributed by atoms with van der Waals surface area (Å²) in [5.41, 5.74) is 2.80. The maximum absolute atomic E-state index is 14.1. The third kappa shape index (κ3) is 4.28. The molecule has 0 saturated heterocycles. The summed E-state index contributed by atoms with van der Waals surface area (Å²) in [5, 5.41) is 0.531. The number of ether oxygens (including phenoxy) is 1. The maximum Gasteiger partial charge on any atom is 0.338 e. The Balaban J connectivity index is 1.82. The molecule has 3 heterocycles. The van der Waals surface area contributed by atoms with Crippen LogP contribution in [0.15, 0.2) is 68.0 Å². The highest BCUT2D eigenvalue weighted by Gasteiger charge is 2.37. The van der Waals surface area contributed by atoms with E-state index in [1.807, 2.05) is 25.1 Å². The number of nitrogens with zero attached hydrogens (tertiary/aromatic N) is 3. The molecule has 0 saturated carbocycles. The minimum absolute atomic E-state index is 0.237. The number of hydrogen-bond donors (Lipinski definition) is 0. The van der Waals surface area contributed by atoms with Crippen molar-refractivity contribution in [2.75, 3.05) is 11.4 Å². The first kappa shape index (κ1) is 25.6. The van der Waals surface area contributed by atoms with Crippen molar-refractivity contribution in [3.05, 3.63) is 94.0 Å². The molecule has 1 aromatic heterocycles. The summed E-state index contributed by atoms with van der Waals surface area (Å²) in [5.74, 6) is -0.781. The second-order valence-corrected chi connectivity index (χ2v) is 11.3. The molecule has 190 valence electrons. The molecule has 0 radical (unpaired) electrons. The lowest BCUT2D eigenvalue weighted by Crippen LogP contribution is -2.41. The summed E-state index contributed by atoms with van der Waals surface area (Å²) >= 11 is 10.8. The number of allylic oxidation sites excluding steroid dienone is 1. The normalized spacial score (nSPS) is 18.2. The second-order valence-electron chi connectivity index (χ2n) is 8.99. The van der Waals surface area contributed by atoms with Crippen molar-refractivity contribution in [1.29, 1.82) is 0 Å². The quantitative estimate of drug-likeness (QED) is 0.418. The van der Waals surface area contributed by atoms with Gasteiger partial charge >= 0.3 is 5.97 Å². The first-order valence-electron chi connectivity index (χ1n) is 11.8. The van der Waals surface area contributed by atoms with Crippen molar-refractivity contribution in [3.63, 3.8) is 0 Å². The predicted molar refractivity (Wildman–Crippen MR) is 148 cm³/mol. The molecule has 0 spiro atoms. The first-order chi connectivity index (χ1) is 17.6. The molecule has 0 aliphatic carbocycles. The van der Waals surface area contributed by atoms with E-state index >= 15 is 0 Å². The molecule has 0 bridgehead atoms. The smallest absolute Gasteiger partial charge is 0.338 e. The van der Waals surface area contributed by atoms with Crippen molar-refractivity contribution >= 4 is 62.0 Å². The Morgan fingerprint density at radius 1 is 1.19 bits per heavy atom. The molecule has 0 N–H and O–H groups in total. The van der Waals surface area contributed by atoms with Gasteiger partial charge in [-0.05, 0) is 63.6 Å². The number of esters is 1. The fourth-order valence-electron chi connectivity index (χ4n) is 4.71. The van der Waals surface area contributed by atoms with Gasteiger partial charge in [0, 0.05) is 21.6 Å². The van der Waals surface area contributed by atoms with E-state index in [0.717, 1.165) is 21.5 Å². The lowest BCUT2D eigenvalue weighted by atomic mass is 9.96. The van der Waals surface area contributed by atoms with Gasteiger partial charge in [0.05, 0.1) is 34.7 Å². The van der Waals surface area contributed by atoms with Gasteiger partial charge in [-0.25, -0.2) is 9.79 Å². The number of halogens is 2. The summed E-state index contributed by atoms with van der Waals surface area (Å²) in [7, 11) is 0. The van der Waals surface area contributed by atoms with E-state index in [1.54, 1.807) is 49.9 Å². The van der Waals surface area contributed by atoms with Gasteiger partial charge < -0.3 is 9.64 Å². The molecule has 2 aliphatic rings. The highest BCUT2D eigenvalue weighted by atomic mass is 79.9. The number of carbonyl (C=O) groups excluding carboxylic acids is 2. The zero-order chi connectivity index (χ0) is 26.6. The standard InChI is InChI=1S/C27H23BrClN3O4S/c1-5-31-19-11-8-16(28)12-18(19)21(24(31)33)23-25(34)32-22(15-6-9-17(29)10-7-15)20(26(35)36-13(2)3)14(4)30-27(32)37-23/h6-13,22H,5H2,1-4H3/b23-21+/t22-/m1/s1. The summed E-state index contributed by atoms with van der Waals surface area (Å²) in [6, 6.07) is 11.8. The molecule has 7 nitrogen and oxygen atoms in total. The Labute approximate surface area is 230 Å². The third-order valence-corrected chi connectivity index (χ3v) is 8.07. The molecule has 10 heteroatoms. The van der Waals surface area contributed by atoms with E-state index in [9.17, 15) is 14.4 Å². The highest BCUT2D eigenvalue weighted by Crippen LogP contribution is 2.37. The second kappa shape index (κ2) is 9.70. The average molecular weight is 601 g/mol. The van der Waals surface area contributed by atoms with Crippen LogP contribution in [-0.4, -0.2) is 29.1 Å². The fourth-order valence-corrected chi connectivity index (χ4v) is 6.33. The number of anilines is 1. The average Bonchev–Trinajstić information content (AvgIpc) is 3.29.